The molecule has 0 heterocycles. The molecule has 0 saturated carbocycles. The molecule has 0 aliphatic carbocycles. The van der Waals surface area contributed by atoms with Crippen LogP contribution in [0.1, 0.15) is 0 Å². The number of hydrogen-bond acceptors (Lipinski definition) is 12. The summed E-state index contributed by atoms with van der Waals surface area (Å²) in [5, 5.41) is 71.5. The third kappa shape index (κ3) is 22.6. The third-order valence-corrected chi connectivity index (χ3v) is 1.56. The second-order valence-corrected chi connectivity index (χ2v) is 3.06. The SMILES string of the molecule is O.O.O.O.O=C([O-])C(O)C(O)C(=O)[O-].O=C([O-])C(O)C(O)C(=O)[O-].[Sr+2].[Sr+2]. The summed E-state index contributed by atoms with van der Waals surface area (Å²) in [6.07, 6.45) is -9.76. The van der Waals surface area contributed by atoms with Crippen molar-refractivity contribution >= 4 is 115 Å². The van der Waals surface area contributed by atoms with Crippen LogP contribution < -0.4 is 20.4 Å². The first-order valence-corrected chi connectivity index (χ1v) is 4.49. The molecule has 0 rings (SSSR count). The molecule has 148 valence electrons. The van der Waals surface area contributed by atoms with Crippen molar-refractivity contribution in [2.24, 2.45) is 0 Å². The van der Waals surface area contributed by atoms with Crippen molar-refractivity contribution < 1.29 is 81.9 Å². The first-order valence-electron chi connectivity index (χ1n) is 4.49. The Kier molecular flexibility index (Phi) is 49.4. The van der Waals surface area contributed by atoms with Crippen LogP contribution in [0.25, 0.3) is 0 Å². The van der Waals surface area contributed by atoms with Gasteiger partial charge in [-0.1, -0.05) is 0 Å². The Morgan fingerprint density at radius 2 is 0.538 bits per heavy atom. The number of carboxylic acid groups (broad SMARTS) is 4. The minimum absolute atomic E-state index is 0. The maximum absolute atomic E-state index is 9.63. The van der Waals surface area contributed by atoms with E-state index in [2.05, 4.69) is 0 Å². The van der Waals surface area contributed by atoms with Crippen LogP contribution >= 0.6 is 0 Å². The normalized spacial score (nSPS) is 12.2. The van der Waals surface area contributed by atoms with Gasteiger partial charge in [-0.15, -0.1) is 0 Å². The number of hydrogen-bond donors (Lipinski definition) is 4. The summed E-state index contributed by atoms with van der Waals surface area (Å²) in [4.78, 5) is 38.5. The Morgan fingerprint density at radius 3 is 0.577 bits per heavy atom. The molecule has 0 aromatic heterocycles. The molecule has 4 unspecified atom stereocenters. The van der Waals surface area contributed by atoms with E-state index in [1.807, 2.05) is 0 Å². The fourth-order valence-electron chi connectivity index (χ4n) is 0.516. The molecule has 0 radical (unpaired) electrons. The van der Waals surface area contributed by atoms with Gasteiger partial charge in [0, 0.05) is 0 Å². The monoisotopic (exact) mass is 544 g/mol. The number of carbonyl (C=O) groups excluding carboxylic acids is 4. The summed E-state index contributed by atoms with van der Waals surface area (Å²) in [6, 6.07) is 0. The Balaban J connectivity index is -0.0000000337. The first kappa shape index (κ1) is 50.4. The fourth-order valence-corrected chi connectivity index (χ4v) is 0.516. The third-order valence-electron chi connectivity index (χ3n) is 1.56. The summed E-state index contributed by atoms with van der Waals surface area (Å²) >= 11 is 0. The number of rotatable bonds is 6. The topological polar surface area (TPSA) is 367 Å². The molecule has 0 aliphatic heterocycles. The van der Waals surface area contributed by atoms with Crippen LogP contribution in [0.3, 0.4) is 0 Å². The van der Waals surface area contributed by atoms with E-state index in [1.165, 1.54) is 0 Å². The number of carbonyl (C=O) groups is 4. The van der Waals surface area contributed by atoms with Crippen molar-refractivity contribution in [1.29, 1.82) is 0 Å². The zero-order valence-corrected chi connectivity index (χ0v) is 19.7. The maximum atomic E-state index is 9.63. The van der Waals surface area contributed by atoms with E-state index in [9.17, 15) is 39.6 Å². The van der Waals surface area contributed by atoms with Crippen molar-refractivity contribution in [3.05, 3.63) is 0 Å². The van der Waals surface area contributed by atoms with Crippen LogP contribution in [0.4, 0.5) is 0 Å². The summed E-state index contributed by atoms with van der Waals surface area (Å²) in [6.45, 7) is 0. The number of carboxylic acids is 4. The predicted molar refractivity (Wildman–Crippen MR) is 70.0 cm³/mol. The maximum Gasteiger partial charge on any atom is 2.00 e. The number of aliphatic hydroxyl groups is 4. The van der Waals surface area contributed by atoms with Crippen LogP contribution in [0.15, 0.2) is 0 Å². The van der Waals surface area contributed by atoms with Crippen molar-refractivity contribution in [2.45, 2.75) is 24.4 Å². The smallest absolute Gasteiger partial charge is 0.547 e. The predicted octanol–water partition coefficient (Wildman–Crippen LogP) is -13.6. The first-order chi connectivity index (χ1) is 8.93. The molecule has 0 saturated heterocycles. The number of aliphatic carboxylic acids is 4. The molecule has 18 heteroatoms. The quantitative estimate of drug-likeness (QED) is 0.227. The average Bonchev–Trinajstić information content (AvgIpc) is 2.35. The minimum Gasteiger partial charge on any atom is -0.547 e. The average molecular weight is 543 g/mol. The van der Waals surface area contributed by atoms with E-state index in [0.717, 1.165) is 0 Å². The summed E-state index contributed by atoms with van der Waals surface area (Å²) in [5.74, 6) is -8.23. The molecule has 0 bridgehead atoms. The summed E-state index contributed by atoms with van der Waals surface area (Å²) in [7, 11) is 0. The molecule has 0 aromatic carbocycles. The van der Waals surface area contributed by atoms with Crippen LogP contribution in [-0.4, -0.2) is 182 Å². The summed E-state index contributed by atoms with van der Waals surface area (Å²) < 4.78 is 0. The second-order valence-electron chi connectivity index (χ2n) is 3.06. The van der Waals surface area contributed by atoms with Gasteiger partial charge in [0.15, 0.2) is 0 Å². The Morgan fingerprint density at radius 1 is 0.462 bits per heavy atom. The Hall–Kier alpha value is 0.521. The number of aliphatic hydroxyl groups excluding tert-OH is 4. The van der Waals surface area contributed by atoms with Gasteiger partial charge in [0.05, 0.1) is 23.9 Å². The molecule has 0 spiro atoms. The van der Waals surface area contributed by atoms with Crippen LogP contribution in [-0.2, 0) is 19.2 Å². The largest absolute Gasteiger partial charge is 2.00 e. The van der Waals surface area contributed by atoms with Gasteiger partial charge in [0.25, 0.3) is 0 Å². The van der Waals surface area contributed by atoms with Crippen molar-refractivity contribution in [2.75, 3.05) is 0 Å². The van der Waals surface area contributed by atoms with Crippen LogP contribution in [0.2, 0.25) is 0 Å². The van der Waals surface area contributed by atoms with Gasteiger partial charge in [-0.25, -0.2) is 0 Å². The van der Waals surface area contributed by atoms with Crippen molar-refractivity contribution in [3.8, 4) is 0 Å². The van der Waals surface area contributed by atoms with Crippen LogP contribution in [0.5, 0.6) is 0 Å². The molecule has 0 aliphatic rings. The van der Waals surface area contributed by atoms with Crippen LogP contribution in [0, 0.1) is 0 Å². The van der Waals surface area contributed by atoms with E-state index in [4.69, 9.17) is 20.4 Å². The van der Waals surface area contributed by atoms with E-state index in [0.29, 0.717) is 0 Å². The molecular weight excluding hydrogens is 527 g/mol. The van der Waals surface area contributed by atoms with Crippen molar-refractivity contribution in [1.82, 2.24) is 0 Å². The van der Waals surface area contributed by atoms with Gasteiger partial charge in [-0.05, 0) is 0 Å². The van der Waals surface area contributed by atoms with E-state index in [-0.39, 0.29) is 113 Å². The van der Waals surface area contributed by atoms with Gasteiger partial charge >= 0.3 is 91.0 Å². The molecule has 4 atom stereocenters. The van der Waals surface area contributed by atoms with E-state index < -0.39 is 48.3 Å². The zero-order valence-electron chi connectivity index (χ0n) is 12.8. The van der Waals surface area contributed by atoms with Gasteiger partial charge in [0.1, 0.15) is 24.4 Å². The summed E-state index contributed by atoms with van der Waals surface area (Å²) in [5.41, 5.74) is 0. The molecule has 0 aromatic rings. The molecule has 26 heavy (non-hydrogen) atoms. The van der Waals surface area contributed by atoms with E-state index >= 15 is 0 Å². The van der Waals surface area contributed by atoms with Gasteiger partial charge < -0.3 is 81.9 Å². The molecule has 0 fully saturated rings. The molecular formula is C8H16O16Sr2. The Labute approximate surface area is 218 Å². The Bertz CT molecular complexity index is 316. The standard InChI is InChI=1S/2C4H6O6.4H2O.2Sr/c2*5-1(3(7)8)2(6)4(9)10;;;;;;/h2*1-2,5-6H,(H,7,8)(H,9,10);4*1H2;;/q;;;;;;2*+2/p-4. The fraction of sp³-hybridized carbons (Fsp3) is 0.500. The van der Waals surface area contributed by atoms with Gasteiger partial charge in [-0.3, -0.25) is 0 Å². The van der Waals surface area contributed by atoms with Crippen molar-refractivity contribution in [3.63, 3.8) is 0 Å². The molecule has 0 amide bonds. The molecule has 16 nitrogen and oxygen atoms in total. The van der Waals surface area contributed by atoms with E-state index in [1.54, 1.807) is 0 Å². The zero-order chi connectivity index (χ0) is 16.6. The second kappa shape index (κ2) is 25.5. The molecule has 12 N–H and O–H groups in total. The van der Waals surface area contributed by atoms with Gasteiger partial charge in [0.2, 0.25) is 0 Å². The minimum atomic E-state index is -2.44. The van der Waals surface area contributed by atoms with Gasteiger partial charge in [-0.2, -0.15) is 0 Å².